The predicted octanol–water partition coefficient (Wildman–Crippen LogP) is 2.53. The van der Waals surface area contributed by atoms with Gasteiger partial charge in [0.2, 0.25) is 0 Å². The maximum Gasteiger partial charge on any atom is 0.106 e. The molecule has 2 nitrogen and oxygen atoms in total. The zero-order valence-electron chi connectivity index (χ0n) is 7.05. The highest BCUT2D eigenvalue weighted by molar-refractivity contribution is 7.98. The second-order valence-corrected chi connectivity index (χ2v) is 4.35. The summed E-state index contributed by atoms with van der Waals surface area (Å²) in [6.45, 7) is 6.11. The molecular weight excluding hydrogens is 146 g/mol. The standard InChI is InChI=1S/C7H15NOS/c1-7(2,3)6(8-9)5-10-4/h6H,5H2,1-4H3. The van der Waals surface area contributed by atoms with Crippen molar-refractivity contribution in [3.05, 3.63) is 4.91 Å². The molecule has 0 fully saturated rings. The molecule has 0 aliphatic rings. The van der Waals surface area contributed by atoms with Crippen molar-refractivity contribution in [3.63, 3.8) is 0 Å². The number of nitrogens with zero attached hydrogens (tertiary/aromatic N) is 1. The van der Waals surface area contributed by atoms with E-state index in [-0.39, 0.29) is 11.5 Å². The van der Waals surface area contributed by atoms with E-state index in [2.05, 4.69) is 5.18 Å². The van der Waals surface area contributed by atoms with Gasteiger partial charge in [-0.25, -0.2) is 0 Å². The van der Waals surface area contributed by atoms with E-state index in [1.165, 1.54) is 0 Å². The number of rotatable bonds is 3. The van der Waals surface area contributed by atoms with Crippen LogP contribution in [-0.2, 0) is 0 Å². The minimum atomic E-state index is -0.0532. The third-order valence-electron chi connectivity index (χ3n) is 1.45. The number of thioether (sulfide) groups is 1. The van der Waals surface area contributed by atoms with E-state index in [0.717, 1.165) is 5.75 Å². The largest absolute Gasteiger partial charge is 0.163 e. The molecule has 60 valence electrons. The monoisotopic (exact) mass is 161 g/mol. The van der Waals surface area contributed by atoms with Gasteiger partial charge < -0.3 is 0 Å². The minimum absolute atomic E-state index is 0.0186. The van der Waals surface area contributed by atoms with Crippen molar-refractivity contribution in [2.75, 3.05) is 12.0 Å². The van der Waals surface area contributed by atoms with Gasteiger partial charge in [0.1, 0.15) is 6.04 Å². The van der Waals surface area contributed by atoms with Crippen LogP contribution in [0.4, 0.5) is 0 Å². The summed E-state index contributed by atoms with van der Waals surface area (Å²) in [6.07, 6.45) is 1.99. The van der Waals surface area contributed by atoms with Gasteiger partial charge >= 0.3 is 0 Å². The molecule has 0 aliphatic heterocycles. The molecule has 0 aromatic carbocycles. The van der Waals surface area contributed by atoms with Gasteiger partial charge in [-0.1, -0.05) is 25.9 Å². The molecule has 10 heavy (non-hydrogen) atoms. The first-order chi connectivity index (χ1) is 4.52. The Balaban J connectivity index is 3.93. The van der Waals surface area contributed by atoms with Crippen LogP contribution in [0.25, 0.3) is 0 Å². The first-order valence-corrected chi connectivity index (χ1v) is 4.73. The smallest absolute Gasteiger partial charge is 0.106 e. The lowest BCUT2D eigenvalue weighted by Crippen LogP contribution is -2.26. The summed E-state index contributed by atoms with van der Waals surface area (Å²) >= 11 is 1.67. The van der Waals surface area contributed by atoms with E-state index >= 15 is 0 Å². The number of hydrogen-bond acceptors (Lipinski definition) is 3. The van der Waals surface area contributed by atoms with Crippen molar-refractivity contribution < 1.29 is 0 Å². The molecule has 0 amide bonds. The van der Waals surface area contributed by atoms with E-state index in [1.54, 1.807) is 11.8 Å². The van der Waals surface area contributed by atoms with Crippen LogP contribution in [0.1, 0.15) is 20.8 Å². The Morgan fingerprint density at radius 3 is 2.10 bits per heavy atom. The van der Waals surface area contributed by atoms with Crippen molar-refractivity contribution in [2.24, 2.45) is 10.6 Å². The molecule has 0 rings (SSSR count). The van der Waals surface area contributed by atoms with Crippen molar-refractivity contribution in [2.45, 2.75) is 26.8 Å². The highest BCUT2D eigenvalue weighted by Gasteiger charge is 2.24. The fourth-order valence-corrected chi connectivity index (χ4v) is 1.47. The number of nitroso groups, excluding NO2 is 1. The molecule has 0 aromatic heterocycles. The zero-order valence-corrected chi connectivity index (χ0v) is 7.86. The van der Waals surface area contributed by atoms with Gasteiger partial charge in [-0.3, -0.25) is 0 Å². The Labute approximate surface area is 66.7 Å². The quantitative estimate of drug-likeness (QED) is 0.595. The van der Waals surface area contributed by atoms with Crippen molar-refractivity contribution in [1.29, 1.82) is 0 Å². The Kier molecular flexibility index (Phi) is 3.94. The molecule has 0 saturated carbocycles. The van der Waals surface area contributed by atoms with E-state index in [1.807, 2.05) is 27.0 Å². The van der Waals surface area contributed by atoms with Crippen LogP contribution in [0.2, 0.25) is 0 Å². The topological polar surface area (TPSA) is 29.4 Å². The van der Waals surface area contributed by atoms with E-state index in [4.69, 9.17) is 0 Å². The highest BCUT2D eigenvalue weighted by atomic mass is 32.2. The Morgan fingerprint density at radius 1 is 1.50 bits per heavy atom. The van der Waals surface area contributed by atoms with Crippen LogP contribution in [0.5, 0.6) is 0 Å². The van der Waals surface area contributed by atoms with Crippen LogP contribution >= 0.6 is 11.8 Å². The second kappa shape index (κ2) is 3.96. The van der Waals surface area contributed by atoms with Crippen LogP contribution in [0.3, 0.4) is 0 Å². The molecule has 0 aliphatic carbocycles. The van der Waals surface area contributed by atoms with Gasteiger partial charge in [0.05, 0.1) is 0 Å². The summed E-state index contributed by atoms with van der Waals surface area (Å²) in [5, 5.41) is 3.08. The van der Waals surface area contributed by atoms with Gasteiger partial charge in [-0.05, 0) is 11.7 Å². The first-order valence-electron chi connectivity index (χ1n) is 3.33. The van der Waals surface area contributed by atoms with Crippen LogP contribution in [-0.4, -0.2) is 18.1 Å². The van der Waals surface area contributed by atoms with Crippen molar-refractivity contribution in [3.8, 4) is 0 Å². The van der Waals surface area contributed by atoms with E-state index < -0.39 is 0 Å². The lowest BCUT2D eigenvalue weighted by atomic mass is 9.89. The average Bonchev–Trinajstić information content (AvgIpc) is 1.80. The van der Waals surface area contributed by atoms with Gasteiger partial charge in [0.25, 0.3) is 0 Å². The summed E-state index contributed by atoms with van der Waals surface area (Å²) in [5.74, 6) is 0.826. The summed E-state index contributed by atoms with van der Waals surface area (Å²) in [4.78, 5) is 10.3. The summed E-state index contributed by atoms with van der Waals surface area (Å²) in [6, 6.07) is -0.0532. The molecule has 3 heteroatoms. The van der Waals surface area contributed by atoms with E-state index in [9.17, 15) is 4.91 Å². The van der Waals surface area contributed by atoms with Crippen LogP contribution in [0, 0.1) is 10.3 Å². The molecule has 0 bridgehead atoms. The molecule has 0 heterocycles. The fourth-order valence-electron chi connectivity index (χ4n) is 0.596. The van der Waals surface area contributed by atoms with Gasteiger partial charge in [-0.15, -0.1) is 0 Å². The predicted molar refractivity (Wildman–Crippen MR) is 47.4 cm³/mol. The zero-order chi connectivity index (χ0) is 8.20. The molecule has 1 unspecified atom stereocenters. The lowest BCUT2D eigenvalue weighted by molar-refractivity contribution is 0.344. The molecule has 0 spiro atoms. The summed E-state index contributed by atoms with van der Waals surface area (Å²) in [7, 11) is 0. The summed E-state index contributed by atoms with van der Waals surface area (Å²) in [5.41, 5.74) is 0.0186. The van der Waals surface area contributed by atoms with Gasteiger partial charge in [0, 0.05) is 5.75 Å². The van der Waals surface area contributed by atoms with Crippen LogP contribution < -0.4 is 0 Å². The second-order valence-electron chi connectivity index (χ2n) is 3.44. The Bertz CT molecular complexity index is 109. The number of hydrogen-bond donors (Lipinski definition) is 0. The average molecular weight is 161 g/mol. The van der Waals surface area contributed by atoms with Crippen molar-refractivity contribution >= 4 is 11.8 Å². The Morgan fingerprint density at radius 2 is 2.00 bits per heavy atom. The lowest BCUT2D eigenvalue weighted by Gasteiger charge is -2.23. The normalized spacial score (nSPS) is 14.8. The first kappa shape index (κ1) is 9.95. The third kappa shape index (κ3) is 3.20. The molecule has 0 saturated heterocycles. The van der Waals surface area contributed by atoms with Crippen molar-refractivity contribution in [1.82, 2.24) is 0 Å². The molecular formula is C7H15NOS. The fraction of sp³-hybridized carbons (Fsp3) is 1.00. The molecule has 0 radical (unpaired) electrons. The Hall–Kier alpha value is -0.0500. The maximum absolute atomic E-state index is 10.3. The third-order valence-corrected chi connectivity index (χ3v) is 2.10. The SMILES string of the molecule is CSCC(N=O)C(C)(C)C. The molecule has 1 atom stereocenters. The molecule has 0 N–H and O–H groups in total. The highest BCUT2D eigenvalue weighted by Crippen LogP contribution is 2.24. The van der Waals surface area contributed by atoms with Gasteiger partial charge in [0.15, 0.2) is 0 Å². The van der Waals surface area contributed by atoms with Crippen LogP contribution in [0.15, 0.2) is 5.18 Å². The molecule has 0 aromatic rings. The van der Waals surface area contributed by atoms with Gasteiger partial charge in [-0.2, -0.15) is 16.7 Å². The summed E-state index contributed by atoms with van der Waals surface area (Å²) < 4.78 is 0. The van der Waals surface area contributed by atoms with E-state index in [0.29, 0.717) is 0 Å². The maximum atomic E-state index is 10.3. The minimum Gasteiger partial charge on any atom is -0.163 e.